The van der Waals surface area contributed by atoms with Crippen LogP contribution in [0.25, 0.3) is 0 Å². The molecule has 0 saturated heterocycles. The summed E-state index contributed by atoms with van der Waals surface area (Å²) in [5.41, 5.74) is 0.495. The number of amides is 1. The van der Waals surface area contributed by atoms with Gasteiger partial charge in [-0.05, 0) is 41.5 Å². The molecule has 1 aromatic carbocycles. The van der Waals surface area contributed by atoms with Crippen LogP contribution < -0.4 is 14.8 Å². The molecule has 0 aliphatic heterocycles. The van der Waals surface area contributed by atoms with Crippen molar-refractivity contribution in [2.45, 2.75) is 44.7 Å². The van der Waals surface area contributed by atoms with Gasteiger partial charge in [-0.3, -0.25) is 4.79 Å². The van der Waals surface area contributed by atoms with Gasteiger partial charge in [0.1, 0.15) is 0 Å². The molecule has 0 radical (unpaired) electrons. The predicted molar refractivity (Wildman–Crippen MR) is 90.7 cm³/mol. The van der Waals surface area contributed by atoms with Crippen LogP contribution in [0.2, 0.25) is 0 Å². The van der Waals surface area contributed by atoms with E-state index >= 15 is 0 Å². The van der Waals surface area contributed by atoms with E-state index in [-0.39, 0.29) is 12.5 Å². The van der Waals surface area contributed by atoms with E-state index < -0.39 is 0 Å². The number of hydrogen-bond acceptors (Lipinski definition) is 6. The Kier molecular flexibility index (Phi) is 5.47. The van der Waals surface area contributed by atoms with Gasteiger partial charge < -0.3 is 14.8 Å². The van der Waals surface area contributed by atoms with E-state index in [4.69, 9.17) is 9.47 Å². The van der Waals surface area contributed by atoms with Crippen molar-refractivity contribution in [1.29, 1.82) is 0 Å². The second-order valence-electron chi connectivity index (χ2n) is 6.08. The quantitative estimate of drug-likeness (QED) is 0.862. The van der Waals surface area contributed by atoms with Gasteiger partial charge in [0, 0.05) is 5.56 Å². The molecule has 1 aromatic heterocycles. The van der Waals surface area contributed by atoms with Crippen LogP contribution in [0.5, 0.6) is 11.5 Å². The Morgan fingerprint density at radius 1 is 1.20 bits per heavy atom. The minimum Gasteiger partial charge on any atom is -0.493 e. The van der Waals surface area contributed by atoms with Gasteiger partial charge in [-0.2, -0.15) is 0 Å². The molecule has 0 atom stereocenters. The van der Waals surface area contributed by atoms with Crippen molar-refractivity contribution in [1.82, 2.24) is 25.5 Å². The maximum Gasteiger partial charge on any atom is 0.251 e. The zero-order valence-electron chi connectivity index (χ0n) is 14.6. The SMILES string of the molecule is COc1ccc(C(=O)NCc2nnnn2C2CCCCC2)cc1OC. The summed E-state index contributed by atoms with van der Waals surface area (Å²) in [7, 11) is 3.10. The van der Waals surface area contributed by atoms with Crippen molar-refractivity contribution >= 4 is 5.91 Å². The van der Waals surface area contributed by atoms with Crippen LogP contribution >= 0.6 is 0 Å². The van der Waals surface area contributed by atoms with Gasteiger partial charge in [0.25, 0.3) is 5.91 Å². The fraction of sp³-hybridized carbons (Fsp3) is 0.529. The zero-order valence-corrected chi connectivity index (χ0v) is 14.6. The Bertz CT molecular complexity index is 725. The lowest BCUT2D eigenvalue weighted by molar-refractivity contribution is 0.0948. The lowest BCUT2D eigenvalue weighted by Gasteiger charge is -2.22. The van der Waals surface area contributed by atoms with Crippen LogP contribution in [-0.4, -0.2) is 40.3 Å². The van der Waals surface area contributed by atoms with Crippen molar-refractivity contribution in [3.05, 3.63) is 29.6 Å². The molecule has 2 aromatic rings. The van der Waals surface area contributed by atoms with E-state index in [1.54, 1.807) is 25.3 Å². The first-order valence-corrected chi connectivity index (χ1v) is 8.50. The van der Waals surface area contributed by atoms with Crippen LogP contribution in [0.3, 0.4) is 0 Å². The molecule has 0 unspecified atom stereocenters. The number of aromatic nitrogens is 4. The Balaban J connectivity index is 1.66. The molecule has 3 rings (SSSR count). The van der Waals surface area contributed by atoms with E-state index in [9.17, 15) is 4.79 Å². The molecule has 8 heteroatoms. The summed E-state index contributed by atoms with van der Waals surface area (Å²) >= 11 is 0. The van der Waals surface area contributed by atoms with Crippen molar-refractivity contribution in [2.24, 2.45) is 0 Å². The standard InChI is InChI=1S/C17H23N5O3/c1-24-14-9-8-12(10-15(14)25-2)17(23)18-11-16-19-20-21-22(16)13-6-4-3-5-7-13/h8-10,13H,3-7,11H2,1-2H3,(H,18,23). The molecule has 1 heterocycles. The molecule has 1 amide bonds. The fourth-order valence-electron chi connectivity index (χ4n) is 3.18. The second kappa shape index (κ2) is 7.96. The average Bonchev–Trinajstić information content (AvgIpc) is 3.14. The maximum atomic E-state index is 12.4. The first-order valence-electron chi connectivity index (χ1n) is 8.50. The summed E-state index contributed by atoms with van der Waals surface area (Å²) in [6, 6.07) is 5.38. The van der Waals surface area contributed by atoms with Crippen LogP contribution in [-0.2, 0) is 6.54 Å². The van der Waals surface area contributed by atoms with E-state index in [0.29, 0.717) is 28.9 Å². The Morgan fingerprint density at radius 3 is 2.68 bits per heavy atom. The predicted octanol–water partition coefficient (Wildman–Crippen LogP) is 2.13. The molecular formula is C17H23N5O3. The van der Waals surface area contributed by atoms with Crippen LogP contribution in [0.1, 0.15) is 54.3 Å². The number of nitrogens with one attached hydrogen (secondary N) is 1. The highest BCUT2D eigenvalue weighted by Gasteiger charge is 2.20. The Hall–Kier alpha value is -2.64. The largest absolute Gasteiger partial charge is 0.493 e. The zero-order chi connectivity index (χ0) is 17.6. The molecular weight excluding hydrogens is 322 g/mol. The maximum absolute atomic E-state index is 12.4. The van der Waals surface area contributed by atoms with Crippen molar-refractivity contribution in [2.75, 3.05) is 14.2 Å². The smallest absolute Gasteiger partial charge is 0.251 e. The lowest BCUT2D eigenvalue weighted by atomic mass is 9.95. The number of methoxy groups -OCH3 is 2. The minimum atomic E-state index is -0.209. The number of carbonyl (C=O) groups excluding carboxylic acids is 1. The van der Waals surface area contributed by atoms with E-state index in [0.717, 1.165) is 12.8 Å². The number of benzene rings is 1. The number of hydrogen-bond donors (Lipinski definition) is 1. The van der Waals surface area contributed by atoms with Gasteiger partial charge in [-0.25, -0.2) is 4.68 Å². The molecule has 1 aliphatic carbocycles. The van der Waals surface area contributed by atoms with E-state index in [1.807, 2.05) is 4.68 Å². The third-order valence-corrected chi connectivity index (χ3v) is 4.53. The molecule has 1 saturated carbocycles. The summed E-state index contributed by atoms with van der Waals surface area (Å²) in [6.07, 6.45) is 5.83. The molecule has 0 bridgehead atoms. The van der Waals surface area contributed by atoms with E-state index in [1.165, 1.54) is 26.4 Å². The van der Waals surface area contributed by atoms with Gasteiger partial charge in [-0.1, -0.05) is 19.3 Å². The molecule has 25 heavy (non-hydrogen) atoms. The van der Waals surface area contributed by atoms with Crippen LogP contribution in [0.4, 0.5) is 0 Å². The lowest BCUT2D eigenvalue weighted by Crippen LogP contribution is -2.26. The topological polar surface area (TPSA) is 91.2 Å². The minimum absolute atomic E-state index is 0.209. The first-order chi connectivity index (χ1) is 12.2. The fourth-order valence-corrected chi connectivity index (χ4v) is 3.18. The highest BCUT2D eigenvalue weighted by molar-refractivity contribution is 5.94. The molecule has 1 aliphatic rings. The highest BCUT2D eigenvalue weighted by Crippen LogP contribution is 2.28. The van der Waals surface area contributed by atoms with Gasteiger partial charge >= 0.3 is 0 Å². The normalized spacial score (nSPS) is 15.0. The van der Waals surface area contributed by atoms with Gasteiger partial charge in [0.05, 0.1) is 26.8 Å². The van der Waals surface area contributed by atoms with E-state index in [2.05, 4.69) is 20.8 Å². The number of ether oxygens (including phenoxy) is 2. The third kappa shape index (κ3) is 3.89. The summed E-state index contributed by atoms with van der Waals surface area (Å²) in [4.78, 5) is 12.4. The third-order valence-electron chi connectivity index (χ3n) is 4.53. The average molecular weight is 345 g/mol. The molecule has 0 spiro atoms. The highest BCUT2D eigenvalue weighted by atomic mass is 16.5. The number of tetrazole rings is 1. The monoisotopic (exact) mass is 345 g/mol. The molecule has 134 valence electrons. The van der Waals surface area contributed by atoms with Crippen molar-refractivity contribution in [3.63, 3.8) is 0 Å². The summed E-state index contributed by atoms with van der Waals surface area (Å²) < 4.78 is 12.3. The van der Waals surface area contributed by atoms with Gasteiger partial charge in [-0.15, -0.1) is 5.10 Å². The molecule has 1 N–H and O–H groups in total. The van der Waals surface area contributed by atoms with Gasteiger partial charge in [0.2, 0.25) is 0 Å². The Labute approximate surface area is 146 Å². The molecule has 1 fully saturated rings. The summed E-state index contributed by atoms with van der Waals surface area (Å²) in [5, 5.41) is 14.8. The summed E-state index contributed by atoms with van der Waals surface area (Å²) in [5.74, 6) is 1.57. The van der Waals surface area contributed by atoms with Crippen molar-refractivity contribution < 1.29 is 14.3 Å². The Morgan fingerprint density at radius 2 is 1.96 bits per heavy atom. The van der Waals surface area contributed by atoms with Crippen LogP contribution in [0.15, 0.2) is 18.2 Å². The molecule has 8 nitrogen and oxygen atoms in total. The second-order valence-corrected chi connectivity index (χ2v) is 6.08. The van der Waals surface area contributed by atoms with Crippen LogP contribution in [0, 0.1) is 0 Å². The number of rotatable bonds is 6. The number of nitrogens with zero attached hydrogens (tertiary/aromatic N) is 4. The first kappa shape index (κ1) is 17.2. The summed E-state index contributed by atoms with van der Waals surface area (Å²) in [6.45, 7) is 0.288. The van der Waals surface area contributed by atoms with Gasteiger partial charge in [0.15, 0.2) is 17.3 Å². The number of carbonyl (C=O) groups is 1. The van der Waals surface area contributed by atoms with Crippen molar-refractivity contribution in [3.8, 4) is 11.5 Å².